The molecule has 2 rings (SSSR count). The number of nitro benzene ring substituents is 2. The summed E-state index contributed by atoms with van der Waals surface area (Å²) >= 11 is 5.79. The summed E-state index contributed by atoms with van der Waals surface area (Å²) in [5, 5.41) is 28.2. The molecule has 0 N–H and O–H groups in total. The number of carbonyl (C=O) groups excluding carboxylic acids is 1. The van der Waals surface area contributed by atoms with Crippen LogP contribution < -0.4 is 4.91 Å². The fourth-order valence-corrected chi connectivity index (χ4v) is 1.86. The molecule has 0 saturated carbocycles. The predicted octanol–water partition coefficient (Wildman–Crippen LogP) is 3.60. The van der Waals surface area contributed by atoms with E-state index in [-0.39, 0.29) is 27.6 Å². The molecule has 0 atom stereocenters. The van der Waals surface area contributed by atoms with E-state index >= 15 is 0 Å². The van der Waals surface area contributed by atoms with Gasteiger partial charge in [0.1, 0.15) is 0 Å². The van der Waals surface area contributed by atoms with Gasteiger partial charge in [0.05, 0.1) is 20.4 Å². The number of benzene rings is 2. The van der Waals surface area contributed by atoms with Gasteiger partial charge in [-0.2, -0.15) is 0 Å². The molecule has 24 heavy (non-hydrogen) atoms. The maximum atomic E-state index is 11.9. The molecule has 0 bridgehead atoms. The van der Waals surface area contributed by atoms with E-state index in [2.05, 4.69) is 15.1 Å². The molecular formula is C13H7ClN5O5+. The highest BCUT2D eigenvalue weighted by atomic mass is 35.5. The lowest BCUT2D eigenvalue weighted by Gasteiger charge is -1.95. The Labute approximate surface area is 138 Å². The standard InChI is InChI=1S/C13H7ClN5O5/c14-10-6-5-8(18(21)22)7-9(10)13(20)16-17-15-11-3-1-2-4-12(11)19(23)24/h1-7H/q+1. The summed E-state index contributed by atoms with van der Waals surface area (Å²) in [5.74, 6) is -0.967. The summed E-state index contributed by atoms with van der Waals surface area (Å²) in [5.41, 5.74) is -0.970. The first-order chi connectivity index (χ1) is 11.4. The van der Waals surface area contributed by atoms with E-state index in [1.807, 2.05) is 0 Å². The summed E-state index contributed by atoms with van der Waals surface area (Å²) in [6, 6.07) is 8.75. The summed E-state index contributed by atoms with van der Waals surface area (Å²) in [4.78, 5) is 35.3. The van der Waals surface area contributed by atoms with Crippen molar-refractivity contribution in [1.82, 2.24) is 4.91 Å². The third kappa shape index (κ3) is 3.83. The molecule has 2 aromatic rings. The maximum absolute atomic E-state index is 11.9. The summed E-state index contributed by atoms with van der Waals surface area (Å²) < 4.78 is 0. The number of amides is 1. The molecule has 0 radical (unpaired) electrons. The van der Waals surface area contributed by atoms with Crippen LogP contribution in [-0.2, 0) is 0 Å². The van der Waals surface area contributed by atoms with Gasteiger partial charge in [0.15, 0.2) is 5.11 Å². The van der Waals surface area contributed by atoms with Crippen molar-refractivity contribution >= 4 is 34.6 Å². The number of halogens is 1. The highest BCUT2D eigenvalue weighted by molar-refractivity contribution is 6.34. The Morgan fingerprint density at radius 1 is 1.08 bits per heavy atom. The highest BCUT2D eigenvalue weighted by Gasteiger charge is 2.19. The van der Waals surface area contributed by atoms with Crippen molar-refractivity contribution < 1.29 is 14.6 Å². The normalized spacial score (nSPS) is 9.71. The van der Waals surface area contributed by atoms with Crippen LogP contribution in [0.15, 0.2) is 52.7 Å². The van der Waals surface area contributed by atoms with Crippen LogP contribution in [-0.4, -0.2) is 15.8 Å². The smallest absolute Gasteiger partial charge is 0.259 e. The number of non-ortho nitro benzene ring substituents is 1. The Hall–Kier alpha value is -3.49. The van der Waals surface area contributed by atoms with Crippen molar-refractivity contribution in [1.29, 1.82) is 0 Å². The third-order valence-electron chi connectivity index (χ3n) is 2.76. The van der Waals surface area contributed by atoms with Crippen molar-refractivity contribution in [3.63, 3.8) is 0 Å². The molecule has 0 fully saturated rings. The number of para-hydroxylation sites is 1. The number of hydrogen-bond donors (Lipinski definition) is 0. The number of carbonyl (C=O) groups is 1. The lowest BCUT2D eigenvalue weighted by atomic mass is 10.2. The summed E-state index contributed by atoms with van der Waals surface area (Å²) in [6.07, 6.45) is 0. The van der Waals surface area contributed by atoms with Crippen molar-refractivity contribution in [2.24, 2.45) is 10.2 Å². The van der Waals surface area contributed by atoms with Gasteiger partial charge in [-0.15, -0.1) is 0 Å². The fourth-order valence-electron chi connectivity index (χ4n) is 1.66. The van der Waals surface area contributed by atoms with Crippen LogP contribution in [0.25, 0.3) is 0 Å². The van der Waals surface area contributed by atoms with Crippen molar-refractivity contribution in [2.75, 3.05) is 0 Å². The molecule has 120 valence electrons. The lowest BCUT2D eigenvalue weighted by molar-refractivity contribution is -0.384. The van der Waals surface area contributed by atoms with Crippen LogP contribution in [0, 0.1) is 20.2 Å². The second-order valence-electron chi connectivity index (χ2n) is 4.26. The van der Waals surface area contributed by atoms with Crippen LogP contribution in [0.3, 0.4) is 0 Å². The predicted molar refractivity (Wildman–Crippen MR) is 82.2 cm³/mol. The number of hydrogen-bond acceptors (Lipinski definition) is 6. The number of nitrogens with zero attached hydrogens (tertiary/aromatic N) is 5. The lowest BCUT2D eigenvalue weighted by Crippen LogP contribution is -1.98. The Bertz CT molecular complexity index is 907. The average Bonchev–Trinajstić information content (AvgIpc) is 2.55. The first kappa shape index (κ1) is 16.9. The summed E-state index contributed by atoms with van der Waals surface area (Å²) in [6.45, 7) is 0. The van der Waals surface area contributed by atoms with Crippen LogP contribution in [0.4, 0.5) is 17.1 Å². The first-order valence-corrected chi connectivity index (χ1v) is 6.61. The van der Waals surface area contributed by atoms with Crippen LogP contribution in [0.5, 0.6) is 0 Å². The second kappa shape index (κ2) is 7.18. The topological polar surface area (TPSA) is 142 Å². The van der Waals surface area contributed by atoms with E-state index in [9.17, 15) is 25.0 Å². The van der Waals surface area contributed by atoms with Crippen molar-refractivity contribution in [2.45, 2.75) is 0 Å². The largest absolute Gasteiger partial charge is 0.362 e. The first-order valence-electron chi connectivity index (χ1n) is 6.23. The van der Waals surface area contributed by atoms with Gasteiger partial charge in [0.25, 0.3) is 5.69 Å². The number of nitro groups is 2. The Morgan fingerprint density at radius 2 is 1.79 bits per heavy atom. The van der Waals surface area contributed by atoms with E-state index < -0.39 is 15.8 Å². The van der Waals surface area contributed by atoms with Crippen LogP contribution in [0.2, 0.25) is 5.02 Å². The van der Waals surface area contributed by atoms with Gasteiger partial charge < -0.3 is 0 Å². The van der Waals surface area contributed by atoms with E-state index in [1.54, 1.807) is 0 Å². The third-order valence-corrected chi connectivity index (χ3v) is 3.09. The monoisotopic (exact) mass is 348 g/mol. The zero-order chi connectivity index (χ0) is 17.7. The molecule has 0 aliphatic rings. The van der Waals surface area contributed by atoms with Gasteiger partial charge in [0, 0.05) is 18.2 Å². The Kier molecular flexibility index (Phi) is 5.05. The molecule has 0 unspecified atom stereocenters. The minimum atomic E-state index is -0.967. The molecule has 0 aliphatic heterocycles. The molecule has 0 spiro atoms. The minimum absolute atomic E-state index is 0.0461. The SMILES string of the molecule is O=C(N=[N+]=Nc1ccccc1[N+](=O)[O-])c1cc([N+](=O)[O-])ccc1Cl. The molecule has 2 aromatic carbocycles. The van der Waals surface area contributed by atoms with Gasteiger partial charge in [-0.05, 0) is 12.1 Å². The maximum Gasteiger partial charge on any atom is 0.362 e. The van der Waals surface area contributed by atoms with Gasteiger partial charge in [-0.3, -0.25) is 25.0 Å². The zero-order valence-corrected chi connectivity index (χ0v) is 12.5. The molecule has 1 amide bonds. The van der Waals surface area contributed by atoms with Crippen LogP contribution >= 0.6 is 11.6 Å². The molecule has 11 heteroatoms. The molecule has 0 saturated heterocycles. The second-order valence-corrected chi connectivity index (χ2v) is 4.67. The van der Waals surface area contributed by atoms with E-state index in [1.165, 1.54) is 30.3 Å². The molecule has 0 aliphatic carbocycles. The van der Waals surface area contributed by atoms with Gasteiger partial charge in [-0.1, -0.05) is 23.7 Å². The van der Waals surface area contributed by atoms with Gasteiger partial charge >= 0.3 is 11.6 Å². The van der Waals surface area contributed by atoms with E-state index in [0.717, 1.165) is 12.1 Å². The Morgan fingerprint density at radius 3 is 2.46 bits per heavy atom. The fraction of sp³-hybridized carbons (Fsp3) is 0. The average molecular weight is 349 g/mol. The molecule has 0 heterocycles. The van der Waals surface area contributed by atoms with E-state index in [0.29, 0.717) is 0 Å². The van der Waals surface area contributed by atoms with E-state index in [4.69, 9.17) is 11.6 Å². The number of rotatable bonds is 4. The van der Waals surface area contributed by atoms with Gasteiger partial charge in [0.2, 0.25) is 15.7 Å². The molecule has 0 aromatic heterocycles. The van der Waals surface area contributed by atoms with Gasteiger partial charge in [-0.25, -0.2) is 0 Å². The van der Waals surface area contributed by atoms with Crippen molar-refractivity contribution in [3.05, 3.63) is 73.3 Å². The quantitative estimate of drug-likeness (QED) is 0.359. The minimum Gasteiger partial charge on any atom is -0.259 e. The van der Waals surface area contributed by atoms with Crippen molar-refractivity contribution in [3.8, 4) is 0 Å². The highest BCUT2D eigenvalue weighted by Crippen LogP contribution is 2.25. The molecular weight excluding hydrogens is 342 g/mol. The Balaban J connectivity index is 2.33. The molecule has 10 nitrogen and oxygen atoms in total. The summed E-state index contributed by atoms with van der Waals surface area (Å²) in [7, 11) is 0. The zero-order valence-electron chi connectivity index (χ0n) is 11.7. The van der Waals surface area contributed by atoms with Crippen LogP contribution in [0.1, 0.15) is 10.4 Å².